The number of nitrogens with one attached hydrogen (secondary N) is 1. The lowest BCUT2D eigenvalue weighted by atomic mass is 9.98. The third kappa shape index (κ3) is 5.94. The number of pyridine rings is 1. The Bertz CT molecular complexity index is 410. The van der Waals surface area contributed by atoms with Gasteiger partial charge in [-0.2, -0.15) is 0 Å². The van der Waals surface area contributed by atoms with Crippen molar-refractivity contribution in [3.8, 4) is 17.7 Å². The molecule has 0 radical (unpaired) electrons. The molecule has 0 fully saturated rings. The van der Waals surface area contributed by atoms with Crippen LogP contribution >= 0.6 is 0 Å². The molecule has 0 unspecified atom stereocenters. The number of nitrogens with zero attached hydrogens (tertiary/aromatic N) is 1. The summed E-state index contributed by atoms with van der Waals surface area (Å²) in [7, 11) is 1.62. The number of hydrogen-bond acceptors (Lipinski definition) is 3. The highest BCUT2D eigenvalue weighted by Crippen LogP contribution is 2.09. The highest BCUT2D eigenvalue weighted by atomic mass is 16.5. The van der Waals surface area contributed by atoms with E-state index in [1.165, 1.54) is 0 Å². The zero-order valence-corrected chi connectivity index (χ0v) is 11.0. The summed E-state index contributed by atoms with van der Waals surface area (Å²) in [5, 5.41) is 3.27. The van der Waals surface area contributed by atoms with E-state index in [1.54, 1.807) is 13.3 Å². The maximum Gasteiger partial charge on any atom is 0.213 e. The minimum Gasteiger partial charge on any atom is -0.481 e. The van der Waals surface area contributed by atoms with Crippen LogP contribution in [0.4, 0.5) is 0 Å². The van der Waals surface area contributed by atoms with E-state index in [-0.39, 0.29) is 5.41 Å². The van der Waals surface area contributed by atoms with Gasteiger partial charge in [-0.15, -0.1) is 0 Å². The molecule has 0 saturated heterocycles. The Hall–Kier alpha value is -1.53. The standard InChI is InChI=1S/C14H20N2O/c1-14(2,3)7-5-8-15-11-12-6-9-16-13(10-12)17-4/h6,9-10,15H,8,11H2,1-4H3. The Morgan fingerprint density at radius 2 is 2.18 bits per heavy atom. The molecule has 1 rings (SSSR count). The van der Waals surface area contributed by atoms with Gasteiger partial charge in [0.1, 0.15) is 0 Å². The van der Waals surface area contributed by atoms with Gasteiger partial charge in [-0.1, -0.05) is 11.8 Å². The lowest BCUT2D eigenvalue weighted by Crippen LogP contribution is -2.14. The second-order valence-electron chi connectivity index (χ2n) is 4.86. The van der Waals surface area contributed by atoms with Gasteiger partial charge < -0.3 is 10.1 Å². The minimum absolute atomic E-state index is 0.0710. The normalized spacial score (nSPS) is 10.6. The van der Waals surface area contributed by atoms with E-state index in [2.05, 4.69) is 42.9 Å². The predicted molar refractivity (Wildman–Crippen MR) is 69.7 cm³/mol. The smallest absolute Gasteiger partial charge is 0.213 e. The van der Waals surface area contributed by atoms with Gasteiger partial charge in [0.15, 0.2) is 0 Å². The molecule has 3 nitrogen and oxygen atoms in total. The van der Waals surface area contributed by atoms with Gasteiger partial charge in [0.2, 0.25) is 5.88 Å². The van der Waals surface area contributed by atoms with E-state index in [9.17, 15) is 0 Å². The lowest BCUT2D eigenvalue weighted by Gasteiger charge is -2.07. The molecular formula is C14H20N2O. The molecular weight excluding hydrogens is 212 g/mol. The largest absolute Gasteiger partial charge is 0.481 e. The van der Waals surface area contributed by atoms with Crippen molar-refractivity contribution in [1.29, 1.82) is 0 Å². The van der Waals surface area contributed by atoms with Crippen molar-refractivity contribution in [3.05, 3.63) is 23.9 Å². The third-order valence-corrected chi connectivity index (χ3v) is 2.01. The topological polar surface area (TPSA) is 34.1 Å². The van der Waals surface area contributed by atoms with E-state index in [1.807, 2.05) is 12.1 Å². The number of ether oxygens (including phenoxy) is 1. The van der Waals surface area contributed by atoms with Gasteiger partial charge in [-0.3, -0.25) is 0 Å². The molecule has 0 bridgehead atoms. The van der Waals surface area contributed by atoms with Crippen molar-refractivity contribution in [2.45, 2.75) is 27.3 Å². The maximum atomic E-state index is 5.06. The molecule has 0 aromatic carbocycles. The molecule has 0 spiro atoms. The van der Waals surface area contributed by atoms with E-state index in [0.717, 1.165) is 12.1 Å². The summed E-state index contributed by atoms with van der Waals surface area (Å²) in [4.78, 5) is 4.06. The van der Waals surface area contributed by atoms with Gasteiger partial charge in [0.05, 0.1) is 13.7 Å². The zero-order chi connectivity index (χ0) is 12.7. The Morgan fingerprint density at radius 3 is 2.82 bits per heavy atom. The van der Waals surface area contributed by atoms with E-state index < -0.39 is 0 Å². The average molecular weight is 232 g/mol. The van der Waals surface area contributed by atoms with Crippen LogP contribution in [0.1, 0.15) is 26.3 Å². The minimum atomic E-state index is 0.0710. The first-order valence-corrected chi connectivity index (χ1v) is 5.71. The molecule has 17 heavy (non-hydrogen) atoms. The van der Waals surface area contributed by atoms with Crippen molar-refractivity contribution < 1.29 is 4.74 Å². The van der Waals surface area contributed by atoms with Gasteiger partial charge in [0.25, 0.3) is 0 Å². The molecule has 0 amide bonds. The van der Waals surface area contributed by atoms with Crippen LogP contribution in [0, 0.1) is 17.3 Å². The second-order valence-corrected chi connectivity index (χ2v) is 4.86. The molecule has 3 heteroatoms. The van der Waals surface area contributed by atoms with Crippen molar-refractivity contribution in [2.75, 3.05) is 13.7 Å². The highest BCUT2D eigenvalue weighted by molar-refractivity contribution is 5.20. The molecule has 1 N–H and O–H groups in total. The fourth-order valence-corrected chi connectivity index (χ4v) is 1.25. The molecule has 0 aliphatic heterocycles. The van der Waals surface area contributed by atoms with Crippen LogP contribution < -0.4 is 10.1 Å². The summed E-state index contributed by atoms with van der Waals surface area (Å²) < 4.78 is 5.06. The number of hydrogen-bond donors (Lipinski definition) is 1. The Labute approximate surface area is 104 Å². The summed E-state index contributed by atoms with van der Waals surface area (Å²) in [6.45, 7) is 7.79. The monoisotopic (exact) mass is 232 g/mol. The molecule has 1 heterocycles. The van der Waals surface area contributed by atoms with E-state index in [4.69, 9.17) is 4.74 Å². The number of methoxy groups -OCH3 is 1. The van der Waals surface area contributed by atoms with E-state index in [0.29, 0.717) is 12.4 Å². The quantitative estimate of drug-likeness (QED) is 0.638. The van der Waals surface area contributed by atoms with Gasteiger partial charge in [0, 0.05) is 24.2 Å². The van der Waals surface area contributed by atoms with Gasteiger partial charge in [-0.05, 0) is 32.4 Å². The van der Waals surface area contributed by atoms with Crippen molar-refractivity contribution >= 4 is 0 Å². The summed E-state index contributed by atoms with van der Waals surface area (Å²) in [6, 6.07) is 3.89. The first kappa shape index (κ1) is 13.5. The summed E-state index contributed by atoms with van der Waals surface area (Å²) >= 11 is 0. The molecule has 0 atom stereocenters. The first-order valence-electron chi connectivity index (χ1n) is 5.71. The van der Waals surface area contributed by atoms with Crippen LogP contribution in [0.5, 0.6) is 5.88 Å². The maximum absolute atomic E-state index is 5.06. The third-order valence-electron chi connectivity index (χ3n) is 2.01. The van der Waals surface area contributed by atoms with Crippen LogP contribution in [-0.2, 0) is 6.54 Å². The van der Waals surface area contributed by atoms with Gasteiger partial charge in [-0.25, -0.2) is 4.98 Å². The Kier molecular flexibility index (Phi) is 4.99. The Balaban J connectivity index is 2.37. The summed E-state index contributed by atoms with van der Waals surface area (Å²) in [6.07, 6.45) is 1.75. The predicted octanol–water partition coefficient (Wildman–Crippen LogP) is 2.23. The van der Waals surface area contributed by atoms with E-state index >= 15 is 0 Å². The molecule has 0 saturated carbocycles. The summed E-state index contributed by atoms with van der Waals surface area (Å²) in [5.41, 5.74) is 1.22. The van der Waals surface area contributed by atoms with Gasteiger partial charge >= 0.3 is 0 Å². The average Bonchev–Trinajstić information content (AvgIpc) is 2.27. The number of aromatic nitrogens is 1. The SMILES string of the molecule is COc1cc(CNCC#CC(C)(C)C)ccn1. The van der Waals surface area contributed by atoms with Crippen LogP contribution in [0.3, 0.4) is 0 Å². The second kappa shape index (κ2) is 6.27. The van der Waals surface area contributed by atoms with Crippen molar-refractivity contribution in [1.82, 2.24) is 10.3 Å². The molecule has 1 aromatic rings. The van der Waals surface area contributed by atoms with Crippen LogP contribution in [0.2, 0.25) is 0 Å². The lowest BCUT2D eigenvalue weighted by molar-refractivity contribution is 0.397. The molecule has 0 aliphatic rings. The van der Waals surface area contributed by atoms with Crippen molar-refractivity contribution in [3.63, 3.8) is 0 Å². The summed E-state index contributed by atoms with van der Waals surface area (Å²) in [5.74, 6) is 6.94. The van der Waals surface area contributed by atoms with Crippen LogP contribution in [0.25, 0.3) is 0 Å². The molecule has 1 aromatic heterocycles. The molecule has 0 aliphatic carbocycles. The van der Waals surface area contributed by atoms with Crippen molar-refractivity contribution in [2.24, 2.45) is 5.41 Å². The van der Waals surface area contributed by atoms with Crippen LogP contribution in [0.15, 0.2) is 18.3 Å². The van der Waals surface area contributed by atoms with Crippen LogP contribution in [-0.4, -0.2) is 18.6 Å². The fraction of sp³-hybridized carbons (Fsp3) is 0.500. The molecule has 92 valence electrons. The highest BCUT2D eigenvalue weighted by Gasteiger charge is 2.02. The fourth-order valence-electron chi connectivity index (χ4n) is 1.25. The first-order chi connectivity index (χ1) is 8.01. The zero-order valence-electron chi connectivity index (χ0n) is 11.0. The Morgan fingerprint density at radius 1 is 1.41 bits per heavy atom. The number of rotatable bonds is 4.